The maximum absolute atomic E-state index is 4.61. The molecule has 0 fully saturated rings. The number of aryl methyl sites for hydroxylation is 2. The fourth-order valence-electron chi connectivity index (χ4n) is 1.46. The molecule has 0 aliphatic heterocycles. The zero-order chi connectivity index (χ0) is 7.84. The van der Waals surface area contributed by atoms with Gasteiger partial charge in [-0.3, -0.25) is 0 Å². The van der Waals surface area contributed by atoms with Crippen molar-refractivity contribution in [1.82, 2.24) is 4.98 Å². The number of nitrogens with zero attached hydrogens (tertiary/aromatic N) is 1. The molecule has 0 unspecified atom stereocenters. The maximum Gasteiger partial charge on any atom is 0.0956 e. The molecule has 0 N–H and O–H groups in total. The van der Waals surface area contributed by atoms with E-state index in [0.29, 0.717) is 5.92 Å². The molecule has 1 aromatic rings. The first-order chi connectivity index (χ1) is 5.27. The van der Waals surface area contributed by atoms with Crippen LogP contribution >= 0.6 is 11.3 Å². The van der Waals surface area contributed by atoms with Crippen molar-refractivity contribution in [2.45, 2.75) is 46.5 Å². The summed E-state index contributed by atoms with van der Waals surface area (Å²) in [7, 11) is 0. The van der Waals surface area contributed by atoms with Crippen LogP contribution in [0.25, 0.3) is 0 Å². The molecule has 12 heavy (non-hydrogen) atoms. The van der Waals surface area contributed by atoms with Crippen LogP contribution in [-0.2, 0) is 12.8 Å². The molecule has 0 atom stereocenters. The van der Waals surface area contributed by atoms with Gasteiger partial charge < -0.3 is 0 Å². The quantitative estimate of drug-likeness (QED) is 0.650. The summed E-state index contributed by atoms with van der Waals surface area (Å²) in [6, 6.07) is 0. The van der Waals surface area contributed by atoms with E-state index < -0.39 is 0 Å². The van der Waals surface area contributed by atoms with E-state index in [9.17, 15) is 0 Å². The average Bonchev–Trinajstić information content (AvgIpc) is 2.40. The molecule has 1 nitrogen and oxygen atoms in total. The molecule has 2 rings (SSSR count). The lowest BCUT2D eigenvalue weighted by molar-refractivity contribution is 0.829. The van der Waals surface area contributed by atoms with E-state index in [1.54, 1.807) is 4.88 Å². The average molecular weight is 183 g/mol. The van der Waals surface area contributed by atoms with E-state index in [1.165, 1.54) is 30.0 Å². The Hall–Kier alpha value is -0.370. The molecule has 0 saturated carbocycles. The summed E-state index contributed by atoms with van der Waals surface area (Å²) in [6.07, 6.45) is 3.82. The minimum Gasteiger partial charge on any atom is -0.246 e. The van der Waals surface area contributed by atoms with E-state index >= 15 is 0 Å². The van der Waals surface area contributed by atoms with Crippen LogP contribution in [-0.4, -0.2) is 4.98 Å². The molecule has 0 aromatic carbocycles. The van der Waals surface area contributed by atoms with E-state index in [4.69, 9.17) is 0 Å². The molecule has 1 aliphatic rings. The Bertz CT molecular complexity index is 241. The summed E-state index contributed by atoms with van der Waals surface area (Å²) >= 11 is 1.92. The van der Waals surface area contributed by atoms with Crippen molar-refractivity contribution < 1.29 is 0 Å². The maximum atomic E-state index is 4.61. The summed E-state index contributed by atoms with van der Waals surface area (Å²) in [4.78, 5) is 6.16. The smallest absolute Gasteiger partial charge is 0.0956 e. The third-order valence-corrected chi connectivity index (χ3v) is 3.56. The van der Waals surface area contributed by atoms with Crippen molar-refractivity contribution in [1.29, 1.82) is 0 Å². The Labute approximate surface area is 78.8 Å². The van der Waals surface area contributed by atoms with Gasteiger partial charge in [-0.1, -0.05) is 21.3 Å². The lowest BCUT2D eigenvalue weighted by Crippen LogP contribution is -1.86. The van der Waals surface area contributed by atoms with Gasteiger partial charge in [-0.25, -0.2) is 4.98 Å². The summed E-state index contributed by atoms with van der Waals surface area (Å²) < 4.78 is 0. The summed E-state index contributed by atoms with van der Waals surface area (Å²) in [6.45, 7) is 4.43. The topological polar surface area (TPSA) is 12.9 Å². The van der Waals surface area contributed by atoms with Gasteiger partial charge in [-0.15, -0.1) is 11.3 Å². The second-order valence-electron chi connectivity index (χ2n) is 3.43. The van der Waals surface area contributed by atoms with Crippen LogP contribution in [0.3, 0.4) is 0 Å². The minimum atomic E-state index is 0. The summed E-state index contributed by atoms with van der Waals surface area (Å²) in [5, 5.41) is 1.33. The standard InChI is InChI=1S/C9H13NS.CH4/c1-6(2)9-10-7-4-3-5-8(7)11-9;/h6H,3-5H2,1-2H3;1H4. The molecule has 0 bridgehead atoms. The lowest BCUT2D eigenvalue weighted by atomic mass is 10.2. The van der Waals surface area contributed by atoms with Crippen molar-refractivity contribution in [3.8, 4) is 0 Å². The zero-order valence-corrected chi connectivity index (χ0v) is 7.87. The van der Waals surface area contributed by atoms with Crippen LogP contribution in [0.4, 0.5) is 0 Å². The van der Waals surface area contributed by atoms with Crippen molar-refractivity contribution in [2.75, 3.05) is 0 Å². The van der Waals surface area contributed by atoms with Crippen LogP contribution in [0, 0.1) is 0 Å². The highest BCUT2D eigenvalue weighted by molar-refractivity contribution is 7.11. The second kappa shape index (κ2) is 3.56. The molecular weight excluding hydrogens is 166 g/mol. The largest absolute Gasteiger partial charge is 0.246 e. The first-order valence-corrected chi connectivity index (χ1v) is 5.07. The molecule has 2 heteroatoms. The molecule has 0 amide bonds. The Morgan fingerprint density at radius 2 is 2.08 bits per heavy atom. The molecule has 1 aromatic heterocycles. The number of hydrogen-bond donors (Lipinski definition) is 0. The molecule has 0 spiro atoms. The summed E-state index contributed by atoms with van der Waals surface area (Å²) in [5.41, 5.74) is 1.39. The first kappa shape index (κ1) is 9.72. The first-order valence-electron chi connectivity index (χ1n) is 4.26. The highest BCUT2D eigenvalue weighted by atomic mass is 32.1. The molecule has 0 radical (unpaired) electrons. The number of hydrogen-bond acceptors (Lipinski definition) is 2. The third kappa shape index (κ3) is 1.53. The highest BCUT2D eigenvalue weighted by Gasteiger charge is 2.17. The highest BCUT2D eigenvalue weighted by Crippen LogP contribution is 2.30. The Morgan fingerprint density at radius 1 is 1.33 bits per heavy atom. The molecule has 1 heterocycles. The van der Waals surface area contributed by atoms with Crippen molar-refractivity contribution in [2.24, 2.45) is 0 Å². The van der Waals surface area contributed by atoms with Crippen LogP contribution in [0.1, 0.15) is 49.2 Å². The predicted molar refractivity (Wildman–Crippen MR) is 55.0 cm³/mol. The van der Waals surface area contributed by atoms with E-state index in [0.717, 1.165) is 0 Å². The van der Waals surface area contributed by atoms with Crippen molar-refractivity contribution in [3.05, 3.63) is 15.6 Å². The van der Waals surface area contributed by atoms with Gasteiger partial charge in [0.25, 0.3) is 0 Å². The van der Waals surface area contributed by atoms with Crippen LogP contribution in [0.5, 0.6) is 0 Å². The van der Waals surface area contributed by atoms with Crippen molar-refractivity contribution >= 4 is 11.3 Å². The molecule has 1 aliphatic carbocycles. The summed E-state index contributed by atoms with van der Waals surface area (Å²) in [5.74, 6) is 0.616. The van der Waals surface area contributed by atoms with Gasteiger partial charge in [-0.05, 0) is 19.3 Å². The van der Waals surface area contributed by atoms with Gasteiger partial charge >= 0.3 is 0 Å². The van der Waals surface area contributed by atoms with Gasteiger partial charge in [0.1, 0.15) is 0 Å². The normalized spacial score (nSPS) is 14.6. The Balaban J connectivity index is 0.000000720. The fourth-order valence-corrected chi connectivity index (χ4v) is 2.61. The van der Waals surface area contributed by atoms with Crippen LogP contribution in [0.15, 0.2) is 0 Å². The van der Waals surface area contributed by atoms with Gasteiger partial charge in [0.15, 0.2) is 0 Å². The molecule has 0 saturated heterocycles. The molecular formula is C10H17NS. The van der Waals surface area contributed by atoms with E-state index in [2.05, 4.69) is 18.8 Å². The number of fused-ring (bicyclic) bond motifs is 1. The SMILES string of the molecule is C.CC(C)c1nc2c(s1)CCC2. The van der Waals surface area contributed by atoms with E-state index in [-0.39, 0.29) is 7.43 Å². The number of rotatable bonds is 1. The van der Waals surface area contributed by atoms with Crippen LogP contribution < -0.4 is 0 Å². The lowest BCUT2D eigenvalue weighted by Gasteiger charge is -1.96. The second-order valence-corrected chi connectivity index (χ2v) is 4.55. The van der Waals surface area contributed by atoms with Crippen LogP contribution in [0.2, 0.25) is 0 Å². The number of thiazole rings is 1. The predicted octanol–water partition coefficient (Wildman–Crippen LogP) is 3.39. The number of aromatic nitrogens is 1. The zero-order valence-electron chi connectivity index (χ0n) is 7.05. The fraction of sp³-hybridized carbons (Fsp3) is 0.700. The molecule has 68 valence electrons. The van der Waals surface area contributed by atoms with Crippen molar-refractivity contribution in [3.63, 3.8) is 0 Å². The Morgan fingerprint density at radius 3 is 2.67 bits per heavy atom. The van der Waals surface area contributed by atoms with Gasteiger partial charge in [-0.2, -0.15) is 0 Å². The van der Waals surface area contributed by atoms with Gasteiger partial charge in [0, 0.05) is 10.8 Å². The Kier molecular flexibility index (Phi) is 2.89. The van der Waals surface area contributed by atoms with E-state index in [1.807, 2.05) is 11.3 Å². The minimum absolute atomic E-state index is 0. The monoisotopic (exact) mass is 183 g/mol. The third-order valence-electron chi connectivity index (χ3n) is 2.11. The van der Waals surface area contributed by atoms with Gasteiger partial charge in [0.05, 0.1) is 10.7 Å². The van der Waals surface area contributed by atoms with Gasteiger partial charge in [0.2, 0.25) is 0 Å².